The Labute approximate surface area is 101 Å². The van der Waals surface area contributed by atoms with Crippen LogP contribution in [0, 0.1) is 0 Å². The molecule has 0 unspecified atom stereocenters. The summed E-state index contributed by atoms with van der Waals surface area (Å²) in [5.41, 5.74) is 2.09. The van der Waals surface area contributed by atoms with Crippen molar-refractivity contribution in [2.75, 3.05) is 0 Å². The van der Waals surface area contributed by atoms with Crippen molar-refractivity contribution in [3.05, 3.63) is 40.0 Å². The lowest BCUT2D eigenvalue weighted by Crippen LogP contribution is -1.99. The quantitative estimate of drug-likeness (QED) is 0.859. The van der Waals surface area contributed by atoms with E-state index in [1.54, 1.807) is 0 Å². The Morgan fingerprint density at radius 1 is 1.44 bits per heavy atom. The summed E-state index contributed by atoms with van der Waals surface area (Å²) in [4.78, 5) is 15.4. The lowest BCUT2D eigenvalue weighted by Gasteiger charge is -2.05. The number of aromatic carboxylic acids is 1. The minimum absolute atomic E-state index is 0.284. The van der Waals surface area contributed by atoms with Crippen LogP contribution in [0.15, 0.2) is 28.9 Å². The molecule has 0 radical (unpaired) electrons. The van der Waals surface area contributed by atoms with Gasteiger partial charge in [0.1, 0.15) is 4.60 Å². The Kier molecular flexibility index (Phi) is 2.92. The van der Waals surface area contributed by atoms with Crippen LogP contribution in [0.5, 0.6) is 0 Å². The Bertz CT molecular complexity index is 566. The van der Waals surface area contributed by atoms with E-state index in [9.17, 15) is 4.79 Å². The van der Waals surface area contributed by atoms with Gasteiger partial charge >= 0.3 is 5.97 Å². The third kappa shape index (κ3) is 1.93. The summed E-state index contributed by atoms with van der Waals surface area (Å²) in [6.07, 6.45) is 0.880. The van der Waals surface area contributed by atoms with Crippen LogP contribution in [0.1, 0.15) is 22.8 Å². The molecule has 2 aromatic rings. The SMILES string of the molecule is CCc1ccc2nc(Br)cc(C(=O)O)c2c1. The lowest BCUT2D eigenvalue weighted by atomic mass is 10.0. The molecule has 0 amide bonds. The van der Waals surface area contributed by atoms with E-state index >= 15 is 0 Å². The summed E-state index contributed by atoms with van der Waals surface area (Å²) >= 11 is 3.21. The highest BCUT2D eigenvalue weighted by Crippen LogP contribution is 2.22. The third-order valence-corrected chi connectivity index (χ3v) is 2.89. The van der Waals surface area contributed by atoms with Crippen LogP contribution >= 0.6 is 15.9 Å². The van der Waals surface area contributed by atoms with Crippen molar-refractivity contribution in [1.29, 1.82) is 0 Å². The monoisotopic (exact) mass is 279 g/mol. The highest BCUT2D eigenvalue weighted by Gasteiger charge is 2.11. The van der Waals surface area contributed by atoms with Gasteiger partial charge in [-0.05, 0) is 46.1 Å². The molecule has 2 rings (SSSR count). The van der Waals surface area contributed by atoms with Crippen molar-refractivity contribution in [3.63, 3.8) is 0 Å². The molecule has 4 heteroatoms. The molecule has 16 heavy (non-hydrogen) atoms. The van der Waals surface area contributed by atoms with Crippen molar-refractivity contribution in [2.24, 2.45) is 0 Å². The van der Waals surface area contributed by atoms with Crippen molar-refractivity contribution in [3.8, 4) is 0 Å². The zero-order chi connectivity index (χ0) is 11.7. The number of hydrogen-bond acceptors (Lipinski definition) is 2. The smallest absolute Gasteiger partial charge is 0.336 e. The van der Waals surface area contributed by atoms with Gasteiger partial charge < -0.3 is 5.11 Å². The zero-order valence-electron chi connectivity index (χ0n) is 8.70. The first-order valence-corrected chi connectivity index (χ1v) is 5.73. The number of aryl methyl sites for hydroxylation is 1. The Hall–Kier alpha value is -1.42. The topological polar surface area (TPSA) is 50.2 Å². The van der Waals surface area contributed by atoms with Gasteiger partial charge in [-0.25, -0.2) is 9.78 Å². The van der Waals surface area contributed by atoms with Crippen molar-refractivity contribution >= 4 is 32.8 Å². The maximum Gasteiger partial charge on any atom is 0.336 e. The van der Waals surface area contributed by atoms with E-state index < -0.39 is 5.97 Å². The molecule has 1 aromatic carbocycles. The molecule has 0 bridgehead atoms. The second-order valence-corrected chi connectivity index (χ2v) is 4.32. The molecule has 1 aromatic heterocycles. The predicted octanol–water partition coefficient (Wildman–Crippen LogP) is 3.26. The number of hydrogen-bond donors (Lipinski definition) is 1. The van der Waals surface area contributed by atoms with Gasteiger partial charge in [-0.15, -0.1) is 0 Å². The van der Waals surface area contributed by atoms with Crippen molar-refractivity contribution < 1.29 is 9.90 Å². The fourth-order valence-electron chi connectivity index (χ4n) is 1.64. The van der Waals surface area contributed by atoms with Gasteiger partial charge in [-0.1, -0.05) is 13.0 Å². The Balaban J connectivity index is 2.80. The second-order valence-electron chi connectivity index (χ2n) is 3.50. The highest BCUT2D eigenvalue weighted by atomic mass is 79.9. The number of aromatic nitrogens is 1. The molecule has 1 heterocycles. The first-order chi connectivity index (χ1) is 7.61. The molecule has 0 fully saturated rings. The highest BCUT2D eigenvalue weighted by molar-refractivity contribution is 9.10. The van der Waals surface area contributed by atoms with Crippen LogP contribution in [0.2, 0.25) is 0 Å². The van der Waals surface area contributed by atoms with Gasteiger partial charge in [0.2, 0.25) is 0 Å². The Morgan fingerprint density at radius 3 is 2.81 bits per heavy atom. The second kappa shape index (κ2) is 4.22. The average Bonchev–Trinajstić information content (AvgIpc) is 2.27. The molecule has 0 aliphatic heterocycles. The van der Waals surface area contributed by atoms with E-state index in [1.807, 2.05) is 25.1 Å². The number of carboxylic acid groups (broad SMARTS) is 1. The van der Waals surface area contributed by atoms with Crippen molar-refractivity contribution in [1.82, 2.24) is 4.98 Å². The van der Waals surface area contributed by atoms with E-state index in [2.05, 4.69) is 20.9 Å². The number of carbonyl (C=O) groups is 1. The molecule has 0 saturated carbocycles. The lowest BCUT2D eigenvalue weighted by molar-refractivity contribution is 0.0699. The largest absolute Gasteiger partial charge is 0.478 e. The number of fused-ring (bicyclic) bond motifs is 1. The van der Waals surface area contributed by atoms with Crippen LogP contribution in [-0.4, -0.2) is 16.1 Å². The number of benzene rings is 1. The van der Waals surface area contributed by atoms with Gasteiger partial charge in [0, 0.05) is 5.39 Å². The van der Waals surface area contributed by atoms with Gasteiger partial charge in [0.25, 0.3) is 0 Å². The molecule has 0 aliphatic carbocycles. The van der Waals surface area contributed by atoms with Crippen LogP contribution in [0.25, 0.3) is 10.9 Å². The summed E-state index contributed by atoms with van der Waals surface area (Å²) in [7, 11) is 0. The summed E-state index contributed by atoms with van der Waals surface area (Å²) in [5, 5.41) is 9.81. The predicted molar refractivity (Wildman–Crippen MR) is 65.8 cm³/mol. The van der Waals surface area contributed by atoms with Crippen LogP contribution in [0.4, 0.5) is 0 Å². The summed E-state index contributed by atoms with van der Waals surface area (Å²) in [5.74, 6) is -0.929. The van der Waals surface area contributed by atoms with E-state index in [-0.39, 0.29) is 5.56 Å². The number of rotatable bonds is 2. The maximum atomic E-state index is 11.1. The zero-order valence-corrected chi connectivity index (χ0v) is 10.3. The van der Waals surface area contributed by atoms with Crippen LogP contribution in [0.3, 0.4) is 0 Å². The molecule has 0 aliphatic rings. The van der Waals surface area contributed by atoms with Gasteiger partial charge in [0.05, 0.1) is 11.1 Å². The van der Waals surface area contributed by atoms with E-state index in [0.29, 0.717) is 15.5 Å². The number of carboxylic acids is 1. The third-order valence-electron chi connectivity index (χ3n) is 2.48. The van der Waals surface area contributed by atoms with Crippen LogP contribution in [-0.2, 0) is 6.42 Å². The molecular weight excluding hydrogens is 270 g/mol. The number of halogens is 1. The standard InChI is InChI=1S/C12H10BrNO2/c1-2-7-3-4-10-8(5-7)9(12(15)16)6-11(13)14-10/h3-6H,2H2,1H3,(H,15,16). The fraction of sp³-hybridized carbons (Fsp3) is 0.167. The summed E-state index contributed by atoms with van der Waals surface area (Å²) < 4.78 is 0.543. The molecule has 82 valence electrons. The van der Waals surface area contributed by atoms with E-state index in [1.165, 1.54) is 6.07 Å². The first-order valence-electron chi connectivity index (χ1n) is 4.94. The number of pyridine rings is 1. The minimum atomic E-state index is -0.929. The van der Waals surface area contributed by atoms with Gasteiger partial charge in [0.15, 0.2) is 0 Å². The van der Waals surface area contributed by atoms with E-state index in [0.717, 1.165) is 12.0 Å². The number of nitrogens with zero attached hydrogens (tertiary/aromatic N) is 1. The van der Waals surface area contributed by atoms with Gasteiger partial charge in [-0.2, -0.15) is 0 Å². The molecule has 1 N–H and O–H groups in total. The summed E-state index contributed by atoms with van der Waals surface area (Å²) in [6.45, 7) is 2.04. The maximum absolute atomic E-state index is 11.1. The summed E-state index contributed by atoms with van der Waals surface area (Å²) in [6, 6.07) is 7.24. The minimum Gasteiger partial charge on any atom is -0.478 e. The van der Waals surface area contributed by atoms with Gasteiger partial charge in [-0.3, -0.25) is 0 Å². The molecule has 0 atom stereocenters. The fourth-order valence-corrected chi connectivity index (χ4v) is 2.06. The van der Waals surface area contributed by atoms with Crippen LogP contribution < -0.4 is 0 Å². The molecule has 0 saturated heterocycles. The first kappa shape index (κ1) is 11.1. The van der Waals surface area contributed by atoms with E-state index in [4.69, 9.17) is 5.11 Å². The van der Waals surface area contributed by atoms with Crippen molar-refractivity contribution in [2.45, 2.75) is 13.3 Å². The molecule has 3 nitrogen and oxygen atoms in total. The Morgan fingerprint density at radius 2 is 2.19 bits per heavy atom. The average molecular weight is 280 g/mol. The molecular formula is C12H10BrNO2. The normalized spacial score (nSPS) is 10.6. The molecule has 0 spiro atoms.